The van der Waals surface area contributed by atoms with Crippen LogP contribution in [0.3, 0.4) is 0 Å². The lowest BCUT2D eigenvalue weighted by Crippen LogP contribution is -1.67. The molecule has 0 fully saturated rings. The molecule has 26 valence electrons. The number of ether oxygens (including phenoxy) is 1. The van der Waals surface area contributed by atoms with Gasteiger partial charge in [-0.15, -0.1) is 9.24 Å². The largest absolute Gasteiger partial charge is 0.381 e. The van der Waals surface area contributed by atoms with Crippen LogP contribution in [0, 0.1) is 0 Å². The highest BCUT2D eigenvalue weighted by atomic mass is 31.0. The molecule has 1 atom stereocenters. The normalized spacial score (nSPS) is 10.8. The molecule has 1 unspecified atom stereocenters. The zero-order chi connectivity index (χ0) is 4.12. The lowest BCUT2D eigenvalue weighted by molar-refractivity contribution is 0.258. The van der Waals surface area contributed by atoms with Gasteiger partial charge in [0.2, 0.25) is 0 Å². The Morgan fingerprint density at radius 2 is 3.25 bits per heavy atom. The number of hydrogen-bond acceptors (Lipinski definition) is 1. The summed E-state index contributed by atoms with van der Waals surface area (Å²) in [5.41, 5.74) is 0. The highest BCUT2D eigenvalue weighted by Gasteiger charge is 1.51. The van der Waals surface area contributed by atoms with Gasteiger partial charge in [0.05, 0.1) is 7.72 Å². The second-order valence-corrected chi connectivity index (χ2v) is 0.704. The van der Waals surface area contributed by atoms with E-state index in [9.17, 15) is 0 Å². The maximum Gasteiger partial charge on any atom is 0.0598 e. The third-order valence-corrected chi connectivity index (χ3v) is 0.354. The number of rotatable bonds is 1. The first kappa shape index (κ1) is 2.62. The zero-order valence-corrected chi connectivity index (χ0v) is 3.55. The first-order valence-corrected chi connectivity index (χ1v) is 1.80. The Kier molecular flexibility index (Phi) is 2.22. The molecule has 0 bridgehead atoms. The molecule has 0 amide bonds. The molecule has 0 aliphatic heterocycles. The molecule has 0 heterocycles. The predicted molar refractivity (Wildman–Crippen MR) is 21.6 cm³/mol. The molecule has 0 aromatic rings. The van der Waals surface area contributed by atoms with Crippen molar-refractivity contribution in [1.82, 2.24) is 0 Å². The van der Waals surface area contributed by atoms with E-state index in [-0.39, 0.29) is 7.09 Å². The molecule has 0 spiro atoms. The Hall–Kier alpha value is 0.390. The molecule has 0 radical (unpaired) electrons. The minimum absolute atomic E-state index is 0.0729. The summed E-state index contributed by atoms with van der Waals surface area (Å²) in [5, 5.41) is 0. The lowest BCUT2D eigenvalue weighted by Gasteiger charge is -1.76. The monoisotopic (exact) mass is 79.0 g/mol. The van der Waals surface area contributed by atoms with Gasteiger partial charge in [-0.1, -0.05) is 0 Å². The molecule has 0 aromatic heterocycles. The Balaban J connectivity index is 2.19. The van der Waals surface area contributed by atoms with E-state index >= 15 is 0 Å². The van der Waals surface area contributed by atoms with Crippen molar-refractivity contribution in [2.75, 3.05) is 13.4 Å². The minimum atomic E-state index is 0.0729. The van der Waals surface area contributed by atoms with Crippen LogP contribution in [0.2, 0.25) is 0 Å². The van der Waals surface area contributed by atoms with Gasteiger partial charge in [0, 0.05) is 7.09 Å². The van der Waals surface area contributed by atoms with E-state index in [0.717, 1.165) is 0 Å². The second-order valence-electron chi connectivity index (χ2n) is 0.371. The Labute approximate surface area is 30.0 Å². The topological polar surface area (TPSA) is 9.23 Å². The molecule has 0 aliphatic rings. The molecule has 4 heavy (non-hydrogen) atoms. The van der Waals surface area contributed by atoms with Crippen LogP contribution in [0.15, 0.2) is 0 Å². The average molecular weight is 79.1 g/mol. The maximum absolute atomic E-state index is 6.37. The molecular weight excluding hydrogens is 71.0 g/mol. The molecule has 0 aromatic carbocycles. The maximum atomic E-state index is 6.37. The van der Waals surface area contributed by atoms with Gasteiger partial charge in [-0.05, 0) is 0 Å². The van der Waals surface area contributed by atoms with Gasteiger partial charge < -0.3 is 4.74 Å². The molecule has 2 heteroatoms. The highest BCUT2D eigenvalue weighted by molar-refractivity contribution is 7.16. The van der Waals surface area contributed by atoms with Crippen molar-refractivity contribution in [2.45, 2.75) is 0 Å². The highest BCUT2D eigenvalue weighted by Crippen LogP contribution is 1.73. The Morgan fingerprint density at radius 1 is 2.50 bits per heavy atom. The molecular formula is C2H7OP. The fraction of sp³-hybridized carbons (Fsp3) is 1.00. The van der Waals surface area contributed by atoms with Gasteiger partial charge in [0.25, 0.3) is 0 Å². The summed E-state index contributed by atoms with van der Waals surface area (Å²) in [4.78, 5) is 0. The molecule has 1 nitrogen and oxygen atoms in total. The van der Waals surface area contributed by atoms with Crippen LogP contribution in [-0.4, -0.2) is 13.4 Å². The summed E-state index contributed by atoms with van der Waals surface area (Å²) in [6.45, 7) is 0. The fourth-order valence-corrected chi connectivity index (χ4v) is 0. The van der Waals surface area contributed by atoms with Crippen molar-refractivity contribution < 1.29 is 6.11 Å². The third-order valence-electron chi connectivity index (χ3n) is 0.118. The van der Waals surface area contributed by atoms with E-state index in [1.807, 2.05) is 0 Å². The zero-order valence-electron chi connectivity index (χ0n) is 3.40. The van der Waals surface area contributed by atoms with Crippen LogP contribution in [-0.2, 0) is 4.74 Å². The quantitative estimate of drug-likeness (QED) is 0.415. The number of hydrogen-bond donors (Lipinski definition) is 0. The van der Waals surface area contributed by atoms with E-state index in [1.54, 1.807) is 0 Å². The van der Waals surface area contributed by atoms with Gasteiger partial charge in [0.15, 0.2) is 0 Å². The smallest absolute Gasteiger partial charge is 0.0598 e. The van der Waals surface area contributed by atoms with Crippen molar-refractivity contribution >= 4 is 9.24 Å². The van der Waals surface area contributed by atoms with Gasteiger partial charge in [-0.3, -0.25) is 0 Å². The van der Waals surface area contributed by atoms with Crippen LogP contribution in [0.5, 0.6) is 0 Å². The molecule has 0 rings (SSSR count). The molecule has 0 saturated carbocycles. The lowest BCUT2D eigenvalue weighted by atomic mass is 11.5. The average Bonchev–Trinajstić information content (AvgIpc) is 1.41. The summed E-state index contributed by atoms with van der Waals surface area (Å²) < 4.78 is 10.8. The van der Waals surface area contributed by atoms with Gasteiger partial charge in [0.1, 0.15) is 0 Å². The van der Waals surface area contributed by atoms with Crippen LogP contribution < -0.4 is 0 Å². The van der Waals surface area contributed by atoms with E-state index in [2.05, 4.69) is 14.0 Å². The summed E-state index contributed by atoms with van der Waals surface area (Å²) in [6, 6.07) is 0. The van der Waals surface area contributed by atoms with Gasteiger partial charge in [-0.2, -0.15) is 0 Å². The van der Waals surface area contributed by atoms with Crippen molar-refractivity contribution in [2.24, 2.45) is 0 Å². The standard InChI is InChI=1S/C2H7OP/c1-3-2-4/h2,4H2,1H3/i1D. The van der Waals surface area contributed by atoms with Gasteiger partial charge >= 0.3 is 0 Å². The van der Waals surface area contributed by atoms with Crippen molar-refractivity contribution in [3.63, 3.8) is 0 Å². The first-order chi connectivity index (χ1) is 2.41. The summed E-state index contributed by atoms with van der Waals surface area (Å²) in [7, 11) is 2.43. The van der Waals surface area contributed by atoms with E-state index in [0.29, 0.717) is 6.35 Å². The summed E-state index contributed by atoms with van der Waals surface area (Å²) in [6.07, 6.45) is 0.573. The second kappa shape index (κ2) is 3.39. The van der Waals surface area contributed by atoms with Crippen LogP contribution in [0.1, 0.15) is 1.37 Å². The van der Waals surface area contributed by atoms with Crippen LogP contribution in [0.4, 0.5) is 0 Å². The SMILES string of the molecule is [2H]COCP. The predicted octanol–water partition coefficient (Wildman–Crippen LogP) is 0.465. The van der Waals surface area contributed by atoms with Gasteiger partial charge in [-0.25, -0.2) is 0 Å². The third kappa shape index (κ3) is 2.39. The Bertz CT molecular complexity index is 17.1. The number of methoxy groups -OCH3 is 1. The summed E-state index contributed by atoms with van der Waals surface area (Å²) in [5.74, 6) is 0. The van der Waals surface area contributed by atoms with E-state index < -0.39 is 0 Å². The molecule has 0 saturated heterocycles. The summed E-state index contributed by atoms with van der Waals surface area (Å²) >= 11 is 0. The van der Waals surface area contributed by atoms with Crippen molar-refractivity contribution in [3.8, 4) is 0 Å². The van der Waals surface area contributed by atoms with Crippen molar-refractivity contribution in [1.29, 1.82) is 0 Å². The van der Waals surface area contributed by atoms with Crippen LogP contribution in [0.25, 0.3) is 0 Å². The fourth-order valence-electron chi connectivity index (χ4n) is 0. The van der Waals surface area contributed by atoms with Crippen LogP contribution >= 0.6 is 9.24 Å². The first-order valence-electron chi connectivity index (χ1n) is 1.69. The van der Waals surface area contributed by atoms with Crippen molar-refractivity contribution in [3.05, 3.63) is 0 Å². The Morgan fingerprint density at radius 3 is 3.25 bits per heavy atom. The van der Waals surface area contributed by atoms with E-state index in [1.165, 1.54) is 0 Å². The molecule has 0 N–H and O–H groups in total. The molecule has 0 aliphatic carbocycles. The minimum Gasteiger partial charge on any atom is -0.381 e. The van der Waals surface area contributed by atoms with E-state index in [4.69, 9.17) is 1.37 Å².